The number of fused-ring (bicyclic) bond motifs is 3. The molecule has 0 saturated heterocycles. The summed E-state index contributed by atoms with van der Waals surface area (Å²) in [5.41, 5.74) is 4.02. The third kappa shape index (κ3) is 8.80. The van der Waals surface area contributed by atoms with Crippen molar-refractivity contribution in [3.8, 4) is 33.9 Å². The number of phenols is 1. The second kappa shape index (κ2) is 17.5. The highest BCUT2D eigenvalue weighted by atomic mass is 35.5. The lowest BCUT2D eigenvalue weighted by molar-refractivity contribution is -0.120. The second-order valence-corrected chi connectivity index (χ2v) is 14.8. The van der Waals surface area contributed by atoms with E-state index in [2.05, 4.69) is 33.0 Å². The zero-order valence-corrected chi connectivity index (χ0v) is 33.3. The molecule has 1 amide bonds. The van der Waals surface area contributed by atoms with Gasteiger partial charge in [-0.3, -0.25) is 9.59 Å². The second-order valence-electron chi connectivity index (χ2n) is 14.0. The van der Waals surface area contributed by atoms with Gasteiger partial charge in [0.1, 0.15) is 28.6 Å². The van der Waals surface area contributed by atoms with Gasteiger partial charge in [0.25, 0.3) is 0 Å². The van der Waals surface area contributed by atoms with Gasteiger partial charge in [-0.25, -0.2) is 4.79 Å². The first-order valence-electron chi connectivity index (χ1n) is 18.7. The van der Waals surface area contributed by atoms with Crippen LogP contribution in [0.4, 0.5) is 5.69 Å². The van der Waals surface area contributed by atoms with Crippen molar-refractivity contribution in [2.24, 2.45) is 5.92 Å². The number of nitrogens with zero attached hydrogens (tertiary/aromatic N) is 1. The Morgan fingerprint density at radius 3 is 2.48 bits per heavy atom. The average molecular weight is 821 g/mol. The molecule has 0 radical (unpaired) electrons. The Balaban J connectivity index is 0.923. The number of benzene rings is 4. The molecule has 5 N–H and O–H groups in total. The third-order valence-corrected chi connectivity index (χ3v) is 10.8. The minimum atomic E-state index is -1.16. The van der Waals surface area contributed by atoms with Crippen LogP contribution in [0.1, 0.15) is 36.5 Å². The number of ether oxygens (including phenoxy) is 2. The Morgan fingerprint density at radius 2 is 1.72 bits per heavy atom. The fourth-order valence-corrected chi connectivity index (χ4v) is 7.74. The molecule has 298 valence electrons. The molecule has 3 aromatic carbocycles. The number of allylic oxidation sites excluding steroid dienone is 2. The zero-order chi connectivity index (χ0) is 40.9. The lowest BCUT2D eigenvalue weighted by Gasteiger charge is -2.30. The summed E-state index contributed by atoms with van der Waals surface area (Å²) in [4.78, 5) is 40.1. The van der Waals surface area contributed by atoms with E-state index in [4.69, 9.17) is 37.7 Å². The average Bonchev–Trinajstić information content (AvgIpc) is 3.46. The van der Waals surface area contributed by atoms with Crippen molar-refractivity contribution >= 4 is 57.5 Å². The Kier molecular flexibility index (Phi) is 12.0. The van der Waals surface area contributed by atoms with E-state index in [0.29, 0.717) is 81.9 Å². The number of unbranched alkanes of at least 4 members (excludes halogenated alkanes) is 1. The maximum atomic E-state index is 13.2. The molecular formula is C44H41ClN4O8S. The van der Waals surface area contributed by atoms with Crippen LogP contribution in [-0.4, -0.2) is 65.1 Å². The Morgan fingerprint density at radius 1 is 0.966 bits per heavy atom. The number of aromatic carboxylic acids is 1. The van der Waals surface area contributed by atoms with E-state index >= 15 is 0 Å². The number of hydrogen-bond acceptors (Lipinski definition) is 9. The first-order valence-corrected chi connectivity index (χ1v) is 19.4. The number of halogens is 1. The molecule has 12 nitrogen and oxygen atoms in total. The van der Waals surface area contributed by atoms with Crippen molar-refractivity contribution in [3.63, 3.8) is 0 Å². The van der Waals surface area contributed by atoms with E-state index in [0.717, 1.165) is 17.0 Å². The maximum absolute atomic E-state index is 13.2. The molecule has 4 aliphatic rings. The van der Waals surface area contributed by atoms with Crippen molar-refractivity contribution in [3.05, 3.63) is 135 Å². The summed E-state index contributed by atoms with van der Waals surface area (Å²) >= 11 is 11.5. The number of carbonyl (C=O) groups is 2. The van der Waals surface area contributed by atoms with Crippen molar-refractivity contribution in [1.82, 2.24) is 15.5 Å². The zero-order valence-electron chi connectivity index (χ0n) is 31.7. The Hall–Kier alpha value is -6.31. The molecule has 0 aromatic heterocycles. The SMILES string of the molecule is COC1=CC2C(CC(=O)NCCCCNC(=S)Nc3ccc(-c4c5ccc(=O)cc-5oc5cc(O)ccc45)c(C(=O)O)c3)=C(C)N(COc3ccc(Cl)cc3)C2C=C1. The molecule has 58 heavy (non-hydrogen) atoms. The molecule has 0 spiro atoms. The van der Waals surface area contributed by atoms with Crippen LogP contribution in [0.5, 0.6) is 11.5 Å². The van der Waals surface area contributed by atoms with Crippen LogP contribution in [0.15, 0.2) is 123 Å². The topological polar surface area (TPSA) is 163 Å². The lowest BCUT2D eigenvalue weighted by Crippen LogP contribution is -2.35. The standard InChI is InChI=1S/C44H41ClN4O8S/c1-25-35(36-22-31(55-2)12-16-38(36)49(25)24-56-30-10-5-26(45)6-11-30)23-41(52)46-17-3-4-18-47-44(58)48-27-7-13-32(37(19-27)43(53)54)42-33-14-8-28(50)20-39(33)57-40-21-29(51)9-15-34(40)42/h5-16,19-22,36,38,50H,3-4,17-18,23-24H2,1-2H3,(H,46,52)(H,53,54)(H2,47,48,58). The summed E-state index contributed by atoms with van der Waals surface area (Å²) < 4.78 is 17.5. The van der Waals surface area contributed by atoms with Crippen molar-refractivity contribution in [1.29, 1.82) is 0 Å². The fraction of sp³-hybridized carbons (Fsp3) is 0.227. The largest absolute Gasteiger partial charge is 0.508 e. The highest BCUT2D eigenvalue weighted by Gasteiger charge is 2.39. The molecule has 14 heteroatoms. The van der Waals surface area contributed by atoms with Gasteiger partial charge in [0.2, 0.25) is 5.91 Å². The van der Waals surface area contributed by atoms with Crippen molar-refractivity contribution < 1.29 is 33.7 Å². The van der Waals surface area contributed by atoms with E-state index in [1.807, 2.05) is 25.1 Å². The van der Waals surface area contributed by atoms with Crippen molar-refractivity contribution in [2.45, 2.75) is 32.2 Å². The van der Waals surface area contributed by atoms with E-state index in [-0.39, 0.29) is 46.8 Å². The molecule has 2 atom stereocenters. The van der Waals surface area contributed by atoms with Gasteiger partial charge in [0.05, 0.1) is 25.1 Å². The monoisotopic (exact) mass is 820 g/mol. The van der Waals surface area contributed by atoms with Gasteiger partial charge in [-0.15, -0.1) is 0 Å². The Labute approximate surface area is 344 Å². The summed E-state index contributed by atoms with van der Waals surface area (Å²) in [7, 11) is 1.63. The van der Waals surface area contributed by atoms with Crippen LogP contribution in [0, 0.1) is 5.92 Å². The molecule has 2 aliphatic heterocycles. The number of amides is 1. The van der Waals surface area contributed by atoms with Crippen LogP contribution in [0.2, 0.25) is 5.02 Å². The number of methoxy groups -OCH3 is 1. The van der Waals surface area contributed by atoms with E-state index in [9.17, 15) is 24.6 Å². The number of carbonyl (C=O) groups excluding carboxylic acids is 1. The molecule has 3 aromatic rings. The van der Waals surface area contributed by atoms with Crippen LogP contribution in [0.3, 0.4) is 0 Å². The highest BCUT2D eigenvalue weighted by molar-refractivity contribution is 7.80. The van der Waals surface area contributed by atoms with Crippen LogP contribution in [0.25, 0.3) is 33.4 Å². The minimum Gasteiger partial charge on any atom is -0.508 e. The molecule has 2 heterocycles. The predicted molar refractivity (Wildman–Crippen MR) is 227 cm³/mol. The lowest BCUT2D eigenvalue weighted by atomic mass is 9.88. The predicted octanol–water partition coefficient (Wildman–Crippen LogP) is 7.91. The van der Waals surface area contributed by atoms with Crippen molar-refractivity contribution in [2.75, 3.05) is 32.2 Å². The van der Waals surface area contributed by atoms with Gasteiger partial charge < -0.3 is 45.0 Å². The van der Waals surface area contributed by atoms with Gasteiger partial charge in [-0.2, -0.15) is 0 Å². The molecule has 2 aliphatic carbocycles. The minimum absolute atomic E-state index is 0.00237. The number of phenolic OH excluding ortho intramolecular Hbond substituents is 1. The number of nitrogens with one attached hydrogen (secondary N) is 3. The number of rotatable bonds is 14. The highest BCUT2D eigenvalue weighted by Crippen LogP contribution is 2.43. The van der Waals surface area contributed by atoms with Gasteiger partial charge in [0, 0.05) is 64.1 Å². The van der Waals surface area contributed by atoms with Crippen LogP contribution >= 0.6 is 23.8 Å². The number of hydrogen-bond donors (Lipinski definition) is 5. The number of thiocarbonyl (C=S) groups is 1. The number of carboxylic acid groups (broad SMARTS) is 1. The van der Waals surface area contributed by atoms with Gasteiger partial charge >= 0.3 is 5.97 Å². The molecule has 0 fully saturated rings. The molecule has 2 unspecified atom stereocenters. The quantitative estimate of drug-likeness (QED) is 0.0419. The smallest absolute Gasteiger partial charge is 0.336 e. The van der Waals surface area contributed by atoms with Gasteiger partial charge in [-0.05, 0) is 116 Å². The summed E-state index contributed by atoms with van der Waals surface area (Å²) in [6.07, 6.45) is 7.75. The molecule has 7 rings (SSSR count). The summed E-state index contributed by atoms with van der Waals surface area (Å²) in [5.74, 6) is 0.428. The van der Waals surface area contributed by atoms with E-state index in [1.165, 1.54) is 30.3 Å². The van der Waals surface area contributed by atoms with Crippen LogP contribution < -0.4 is 26.1 Å². The first kappa shape index (κ1) is 39.9. The Bertz CT molecular complexity index is 2510. The summed E-state index contributed by atoms with van der Waals surface area (Å²) in [5, 5.41) is 31.2. The van der Waals surface area contributed by atoms with Gasteiger partial charge in [-0.1, -0.05) is 23.7 Å². The maximum Gasteiger partial charge on any atom is 0.336 e. The summed E-state index contributed by atoms with van der Waals surface area (Å²) in [6.45, 7) is 3.34. The molecular weight excluding hydrogens is 780 g/mol. The summed E-state index contributed by atoms with van der Waals surface area (Å²) in [6, 6.07) is 21.0. The van der Waals surface area contributed by atoms with Crippen LogP contribution in [-0.2, 0) is 9.53 Å². The number of aromatic hydroxyl groups is 1. The first-order chi connectivity index (χ1) is 28.0. The van der Waals surface area contributed by atoms with E-state index in [1.54, 1.807) is 43.5 Å². The number of anilines is 1. The normalized spacial score (nSPS) is 15.9. The molecule has 0 bridgehead atoms. The third-order valence-electron chi connectivity index (χ3n) is 10.3. The fourth-order valence-electron chi connectivity index (χ4n) is 7.39. The van der Waals surface area contributed by atoms with Gasteiger partial charge in [0.15, 0.2) is 17.3 Å². The number of carboxylic acids is 1. The van der Waals surface area contributed by atoms with E-state index < -0.39 is 5.97 Å². The molecule has 0 saturated carbocycles.